The second-order valence-corrected chi connectivity index (χ2v) is 7.16. The van der Waals surface area contributed by atoms with Gasteiger partial charge in [-0.2, -0.15) is 0 Å². The first-order valence-corrected chi connectivity index (χ1v) is 8.69. The zero-order valence-corrected chi connectivity index (χ0v) is 13.8. The highest BCUT2D eigenvalue weighted by molar-refractivity contribution is 7.90. The van der Waals surface area contributed by atoms with Crippen molar-refractivity contribution in [1.29, 1.82) is 0 Å². The van der Waals surface area contributed by atoms with Gasteiger partial charge in [0.2, 0.25) is 0 Å². The number of aromatic nitrogens is 2. The highest BCUT2D eigenvalue weighted by atomic mass is 32.2. The van der Waals surface area contributed by atoms with Gasteiger partial charge in [-0.25, -0.2) is 12.4 Å². The molecular formula is C17H16N2O4S. The molecule has 0 amide bonds. The molecule has 124 valence electrons. The number of aliphatic hydroxyl groups excluding tert-OH is 1. The summed E-state index contributed by atoms with van der Waals surface area (Å²) in [5.41, 5.74) is 1.90. The van der Waals surface area contributed by atoms with E-state index in [4.69, 9.17) is 0 Å². The van der Waals surface area contributed by atoms with E-state index in [1.54, 1.807) is 35.0 Å². The van der Waals surface area contributed by atoms with E-state index >= 15 is 0 Å². The lowest BCUT2D eigenvalue weighted by Gasteiger charge is -2.10. The van der Waals surface area contributed by atoms with Crippen LogP contribution < -0.4 is 0 Å². The maximum Gasteiger partial charge on any atom is 0.268 e. The van der Waals surface area contributed by atoms with Crippen molar-refractivity contribution in [2.45, 2.75) is 18.4 Å². The lowest BCUT2D eigenvalue weighted by Crippen LogP contribution is -2.15. The van der Waals surface area contributed by atoms with Gasteiger partial charge in [0.1, 0.15) is 5.69 Å². The molecule has 6 nitrogen and oxygen atoms in total. The summed E-state index contributed by atoms with van der Waals surface area (Å²) in [7, 11) is -3.88. The van der Waals surface area contributed by atoms with Gasteiger partial charge in [0, 0.05) is 18.1 Å². The van der Waals surface area contributed by atoms with Crippen molar-refractivity contribution in [2.24, 2.45) is 0 Å². The number of benzene rings is 1. The van der Waals surface area contributed by atoms with E-state index in [-0.39, 0.29) is 17.2 Å². The zero-order chi connectivity index (χ0) is 17.3. The molecule has 0 spiro atoms. The van der Waals surface area contributed by atoms with E-state index in [9.17, 15) is 18.3 Å². The van der Waals surface area contributed by atoms with Gasteiger partial charge in [0.15, 0.2) is 6.29 Å². The van der Waals surface area contributed by atoms with Crippen LogP contribution in [0.15, 0.2) is 59.8 Å². The smallest absolute Gasteiger partial charge is 0.268 e. The normalized spacial score (nSPS) is 11.6. The standard InChI is InChI=1S/C17H16N2O4S/c1-13-4-6-15(7-5-13)24(22,23)19-10-8-16(17(19)12-21)18-9-2-3-14(18)11-20/h2-10,12,20H,11H2,1H3. The molecule has 0 atom stereocenters. The fourth-order valence-electron chi connectivity index (χ4n) is 2.55. The number of hydrogen-bond acceptors (Lipinski definition) is 4. The van der Waals surface area contributed by atoms with Crippen LogP contribution in [0, 0.1) is 6.92 Å². The van der Waals surface area contributed by atoms with Crippen LogP contribution in [0.3, 0.4) is 0 Å². The molecule has 2 aromatic heterocycles. The summed E-state index contributed by atoms with van der Waals surface area (Å²) in [6.07, 6.45) is 3.51. The minimum Gasteiger partial charge on any atom is -0.390 e. The largest absolute Gasteiger partial charge is 0.390 e. The molecule has 7 heteroatoms. The monoisotopic (exact) mass is 344 g/mol. The third-order valence-corrected chi connectivity index (χ3v) is 5.52. The molecule has 0 bridgehead atoms. The summed E-state index contributed by atoms with van der Waals surface area (Å²) in [4.78, 5) is 11.7. The number of nitrogens with zero attached hydrogens (tertiary/aromatic N) is 2. The first-order valence-electron chi connectivity index (χ1n) is 7.25. The van der Waals surface area contributed by atoms with Crippen molar-refractivity contribution in [1.82, 2.24) is 8.54 Å². The molecule has 0 saturated heterocycles. The minimum absolute atomic E-state index is 0.00137. The van der Waals surface area contributed by atoms with Crippen molar-refractivity contribution in [3.8, 4) is 5.69 Å². The fourth-order valence-corrected chi connectivity index (χ4v) is 3.87. The SMILES string of the molecule is Cc1ccc(S(=O)(=O)n2ccc(-n3cccc3CO)c2C=O)cc1. The molecule has 2 heterocycles. The predicted molar refractivity (Wildman–Crippen MR) is 88.8 cm³/mol. The molecule has 0 saturated carbocycles. The Kier molecular flexibility index (Phi) is 4.13. The Morgan fingerprint density at radius 3 is 2.42 bits per heavy atom. The molecule has 24 heavy (non-hydrogen) atoms. The summed E-state index contributed by atoms with van der Waals surface area (Å²) < 4.78 is 28.2. The van der Waals surface area contributed by atoms with Gasteiger partial charge < -0.3 is 9.67 Å². The van der Waals surface area contributed by atoms with Gasteiger partial charge in [-0.15, -0.1) is 0 Å². The number of carbonyl (C=O) groups is 1. The average Bonchev–Trinajstić information content (AvgIpc) is 3.21. The number of hydrogen-bond donors (Lipinski definition) is 1. The Hall–Kier alpha value is -2.64. The molecule has 1 aromatic carbocycles. The van der Waals surface area contributed by atoms with Gasteiger partial charge in [0.25, 0.3) is 10.0 Å². The van der Waals surface area contributed by atoms with E-state index in [0.717, 1.165) is 9.54 Å². The molecule has 0 aliphatic carbocycles. The summed E-state index contributed by atoms with van der Waals surface area (Å²) in [6, 6.07) is 11.4. The van der Waals surface area contributed by atoms with Gasteiger partial charge in [-0.1, -0.05) is 17.7 Å². The zero-order valence-electron chi connectivity index (χ0n) is 13.0. The van der Waals surface area contributed by atoms with Crippen LogP contribution in [0.1, 0.15) is 21.7 Å². The van der Waals surface area contributed by atoms with E-state index in [1.165, 1.54) is 24.4 Å². The minimum atomic E-state index is -3.88. The van der Waals surface area contributed by atoms with Crippen LogP contribution >= 0.6 is 0 Å². The maximum absolute atomic E-state index is 12.8. The van der Waals surface area contributed by atoms with Crippen LogP contribution in [0.2, 0.25) is 0 Å². The molecule has 3 rings (SSSR count). The van der Waals surface area contributed by atoms with Crippen molar-refractivity contribution in [2.75, 3.05) is 0 Å². The van der Waals surface area contributed by atoms with E-state index in [0.29, 0.717) is 17.7 Å². The lowest BCUT2D eigenvalue weighted by molar-refractivity contribution is 0.111. The fraction of sp³-hybridized carbons (Fsp3) is 0.118. The van der Waals surface area contributed by atoms with Crippen LogP contribution in [0.4, 0.5) is 0 Å². The van der Waals surface area contributed by atoms with Gasteiger partial charge >= 0.3 is 0 Å². The molecule has 0 aliphatic heterocycles. The first kappa shape index (κ1) is 16.2. The van der Waals surface area contributed by atoms with Gasteiger partial charge in [0.05, 0.1) is 17.2 Å². The highest BCUT2D eigenvalue weighted by Gasteiger charge is 2.23. The molecular weight excluding hydrogens is 328 g/mol. The van der Waals surface area contributed by atoms with Crippen molar-refractivity contribution in [3.05, 3.63) is 71.8 Å². The topological polar surface area (TPSA) is 81.3 Å². The van der Waals surface area contributed by atoms with Crippen LogP contribution in [-0.2, 0) is 16.6 Å². The van der Waals surface area contributed by atoms with E-state index < -0.39 is 10.0 Å². The second kappa shape index (κ2) is 6.10. The van der Waals surface area contributed by atoms with E-state index in [2.05, 4.69) is 0 Å². The van der Waals surface area contributed by atoms with Crippen molar-refractivity contribution >= 4 is 16.3 Å². The third-order valence-electron chi connectivity index (χ3n) is 3.81. The summed E-state index contributed by atoms with van der Waals surface area (Å²) >= 11 is 0. The number of aldehydes is 1. The number of rotatable bonds is 5. The summed E-state index contributed by atoms with van der Waals surface area (Å²) in [5.74, 6) is 0. The summed E-state index contributed by atoms with van der Waals surface area (Å²) in [6.45, 7) is 1.64. The predicted octanol–water partition coefficient (Wildman–Crippen LogP) is 2.13. The molecule has 3 aromatic rings. The van der Waals surface area contributed by atoms with Crippen molar-refractivity contribution < 1.29 is 18.3 Å². The maximum atomic E-state index is 12.8. The van der Waals surface area contributed by atoms with Gasteiger partial charge in [-0.05, 0) is 37.3 Å². The Morgan fingerprint density at radius 1 is 1.08 bits per heavy atom. The lowest BCUT2D eigenvalue weighted by atomic mass is 10.2. The quantitative estimate of drug-likeness (QED) is 0.719. The number of aliphatic hydroxyl groups is 1. The van der Waals surface area contributed by atoms with Crippen LogP contribution in [0.5, 0.6) is 0 Å². The first-order chi connectivity index (χ1) is 11.5. The Bertz CT molecular complexity index is 982. The van der Waals surface area contributed by atoms with E-state index in [1.807, 2.05) is 6.92 Å². The van der Waals surface area contributed by atoms with Crippen LogP contribution in [-0.4, -0.2) is 28.3 Å². The number of carbonyl (C=O) groups excluding carboxylic acids is 1. The Morgan fingerprint density at radius 2 is 1.79 bits per heavy atom. The molecule has 0 aliphatic rings. The molecule has 1 N–H and O–H groups in total. The highest BCUT2D eigenvalue weighted by Crippen LogP contribution is 2.23. The Balaban J connectivity index is 2.16. The third kappa shape index (κ3) is 2.57. The molecule has 0 fully saturated rings. The number of aryl methyl sites for hydroxylation is 1. The van der Waals surface area contributed by atoms with Crippen molar-refractivity contribution in [3.63, 3.8) is 0 Å². The molecule has 0 radical (unpaired) electrons. The van der Waals surface area contributed by atoms with Gasteiger partial charge in [-0.3, -0.25) is 4.79 Å². The Labute approximate surface area is 139 Å². The molecule has 0 unspecified atom stereocenters. The van der Waals surface area contributed by atoms with Crippen LogP contribution in [0.25, 0.3) is 5.69 Å². The average molecular weight is 344 g/mol. The second-order valence-electron chi connectivity index (χ2n) is 5.35. The summed E-state index contributed by atoms with van der Waals surface area (Å²) in [5, 5.41) is 9.37.